The van der Waals surface area contributed by atoms with Crippen LogP contribution in [0.1, 0.15) is 40.7 Å². The number of carbonyl (C=O) groups is 3. The van der Waals surface area contributed by atoms with Crippen molar-refractivity contribution in [2.24, 2.45) is 0 Å². The third-order valence-electron chi connectivity index (χ3n) is 4.69. The van der Waals surface area contributed by atoms with Gasteiger partial charge in [0.05, 0.1) is 16.9 Å². The van der Waals surface area contributed by atoms with E-state index < -0.39 is 11.8 Å². The monoisotopic (exact) mass is 415 g/mol. The van der Waals surface area contributed by atoms with Gasteiger partial charge >= 0.3 is 11.8 Å². The standard InChI is InChI=1S/C21H29N5O4/c1-5-26-15(3)17(14(2)25-26)13-23-20(28)21(29)24-18-10-7-6-9-16(18)19(27)22-11-8-12-30-4/h6-7,9-10H,5,8,11-13H2,1-4H3,(H,22,27)(H,23,28)(H,24,29). The highest BCUT2D eigenvalue weighted by molar-refractivity contribution is 6.40. The van der Waals surface area contributed by atoms with Crippen LogP contribution in [0, 0.1) is 13.8 Å². The van der Waals surface area contributed by atoms with Gasteiger partial charge in [-0.2, -0.15) is 5.10 Å². The van der Waals surface area contributed by atoms with Crippen molar-refractivity contribution in [3.63, 3.8) is 0 Å². The van der Waals surface area contributed by atoms with E-state index in [0.29, 0.717) is 19.6 Å². The molecule has 0 saturated heterocycles. The van der Waals surface area contributed by atoms with Crippen LogP contribution in [0.2, 0.25) is 0 Å². The normalized spacial score (nSPS) is 10.5. The van der Waals surface area contributed by atoms with Gasteiger partial charge in [-0.3, -0.25) is 19.1 Å². The van der Waals surface area contributed by atoms with Crippen LogP contribution in [0.3, 0.4) is 0 Å². The van der Waals surface area contributed by atoms with Gasteiger partial charge < -0.3 is 20.7 Å². The molecular weight excluding hydrogens is 386 g/mol. The third-order valence-corrected chi connectivity index (χ3v) is 4.69. The van der Waals surface area contributed by atoms with Crippen molar-refractivity contribution in [3.8, 4) is 0 Å². The second kappa shape index (κ2) is 11.1. The highest BCUT2D eigenvalue weighted by Crippen LogP contribution is 2.15. The lowest BCUT2D eigenvalue weighted by Gasteiger charge is -2.11. The van der Waals surface area contributed by atoms with Crippen molar-refractivity contribution in [2.45, 2.75) is 40.3 Å². The summed E-state index contributed by atoms with van der Waals surface area (Å²) in [7, 11) is 1.59. The van der Waals surface area contributed by atoms with E-state index in [0.717, 1.165) is 23.5 Å². The van der Waals surface area contributed by atoms with Crippen LogP contribution in [0.25, 0.3) is 0 Å². The zero-order valence-corrected chi connectivity index (χ0v) is 17.9. The molecule has 0 aliphatic rings. The molecule has 1 aromatic heterocycles. The average Bonchev–Trinajstić information content (AvgIpc) is 3.02. The molecule has 1 heterocycles. The van der Waals surface area contributed by atoms with Crippen molar-refractivity contribution in [1.29, 1.82) is 0 Å². The second-order valence-electron chi connectivity index (χ2n) is 6.75. The van der Waals surface area contributed by atoms with Crippen LogP contribution >= 0.6 is 0 Å². The molecule has 30 heavy (non-hydrogen) atoms. The number of aryl methyl sites for hydroxylation is 2. The summed E-state index contributed by atoms with van der Waals surface area (Å²) in [5.74, 6) is -1.96. The highest BCUT2D eigenvalue weighted by Gasteiger charge is 2.19. The van der Waals surface area contributed by atoms with E-state index in [4.69, 9.17) is 4.74 Å². The predicted octanol–water partition coefficient (Wildman–Crippen LogP) is 1.54. The Labute approximate surface area is 176 Å². The molecule has 162 valence electrons. The minimum Gasteiger partial charge on any atom is -0.385 e. The Balaban J connectivity index is 1.98. The fraction of sp³-hybridized carbons (Fsp3) is 0.429. The number of amides is 3. The maximum atomic E-state index is 12.4. The molecule has 9 nitrogen and oxygen atoms in total. The maximum absolute atomic E-state index is 12.4. The molecule has 0 atom stereocenters. The first kappa shape index (κ1) is 23.1. The molecule has 0 bridgehead atoms. The lowest BCUT2D eigenvalue weighted by Crippen LogP contribution is -2.36. The van der Waals surface area contributed by atoms with Gasteiger partial charge in [0.15, 0.2) is 0 Å². The van der Waals surface area contributed by atoms with Crippen molar-refractivity contribution >= 4 is 23.4 Å². The fourth-order valence-electron chi connectivity index (χ4n) is 3.03. The van der Waals surface area contributed by atoms with E-state index in [1.54, 1.807) is 31.4 Å². The van der Waals surface area contributed by atoms with Gasteiger partial charge in [-0.05, 0) is 39.3 Å². The Morgan fingerprint density at radius 1 is 1.10 bits per heavy atom. The van der Waals surface area contributed by atoms with Crippen LogP contribution in [0.15, 0.2) is 24.3 Å². The minimum atomic E-state index is -0.840. The zero-order valence-electron chi connectivity index (χ0n) is 17.9. The van der Waals surface area contributed by atoms with E-state index >= 15 is 0 Å². The Hall–Kier alpha value is -3.20. The van der Waals surface area contributed by atoms with Gasteiger partial charge in [0.25, 0.3) is 5.91 Å². The van der Waals surface area contributed by atoms with Gasteiger partial charge in [-0.1, -0.05) is 12.1 Å². The van der Waals surface area contributed by atoms with Crippen LogP contribution in [-0.2, 0) is 27.4 Å². The lowest BCUT2D eigenvalue weighted by atomic mass is 10.1. The molecule has 3 amide bonds. The van der Waals surface area contributed by atoms with Crippen molar-refractivity contribution in [2.75, 3.05) is 25.6 Å². The predicted molar refractivity (Wildman–Crippen MR) is 113 cm³/mol. The van der Waals surface area contributed by atoms with E-state index in [1.165, 1.54) is 0 Å². The molecule has 9 heteroatoms. The number of methoxy groups -OCH3 is 1. The van der Waals surface area contributed by atoms with Crippen molar-refractivity contribution < 1.29 is 19.1 Å². The molecular formula is C21H29N5O4. The molecule has 0 aliphatic carbocycles. The van der Waals surface area contributed by atoms with Crippen molar-refractivity contribution in [1.82, 2.24) is 20.4 Å². The molecule has 1 aromatic carbocycles. The summed E-state index contributed by atoms with van der Waals surface area (Å²) in [4.78, 5) is 37.0. The van der Waals surface area contributed by atoms with Gasteiger partial charge in [0.1, 0.15) is 0 Å². The number of ether oxygens (including phenoxy) is 1. The first-order chi connectivity index (χ1) is 14.4. The van der Waals surface area contributed by atoms with E-state index in [9.17, 15) is 14.4 Å². The molecule has 3 N–H and O–H groups in total. The number of hydrogen-bond donors (Lipinski definition) is 3. The molecule has 0 aliphatic heterocycles. The number of anilines is 1. The number of rotatable bonds is 9. The number of para-hydroxylation sites is 1. The topological polar surface area (TPSA) is 114 Å². The van der Waals surface area contributed by atoms with Crippen LogP contribution in [0.5, 0.6) is 0 Å². The second-order valence-corrected chi connectivity index (χ2v) is 6.75. The Bertz CT molecular complexity index is 907. The van der Waals surface area contributed by atoms with Gasteiger partial charge in [0, 0.05) is 44.6 Å². The highest BCUT2D eigenvalue weighted by atomic mass is 16.5. The molecule has 2 rings (SSSR count). The molecule has 2 aromatic rings. The van der Waals surface area contributed by atoms with Gasteiger partial charge in [-0.25, -0.2) is 0 Å². The number of aromatic nitrogens is 2. The van der Waals surface area contributed by atoms with Crippen LogP contribution in [-0.4, -0.2) is 47.8 Å². The van der Waals surface area contributed by atoms with Crippen molar-refractivity contribution in [3.05, 3.63) is 46.8 Å². The van der Waals surface area contributed by atoms with Crippen LogP contribution < -0.4 is 16.0 Å². The maximum Gasteiger partial charge on any atom is 0.313 e. The fourth-order valence-corrected chi connectivity index (χ4v) is 3.03. The zero-order chi connectivity index (χ0) is 22.1. The Morgan fingerprint density at radius 2 is 1.83 bits per heavy atom. The van der Waals surface area contributed by atoms with Gasteiger partial charge in [0.2, 0.25) is 0 Å². The largest absolute Gasteiger partial charge is 0.385 e. The summed E-state index contributed by atoms with van der Waals surface area (Å²) in [6.45, 7) is 7.68. The number of nitrogens with one attached hydrogen (secondary N) is 3. The minimum absolute atomic E-state index is 0.200. The van der Waals surface area contributed by atoms with E-state index in [-0.39, 0.29) is 23.7 Å². The first-order valence-electron chi connectivity index (χ1n) is 9.87. The SMILES string of the molecule is CCn1nc(C)c(CNC(=O)C(=O)Nc2ccccc2C(=O)NCCCOC)c1C. The number of benzene rings is 1. The average molecular weight is 415 g/mol. The Kier molecular flexibility index (Phi) is 8.54. The summed E-state index contributed by atoms with van der Waals surface area (Å²) in [5.41, 5.74) is 3.20. The summed E-state index contributed by atoms with van der Waals surface area (Å²) in [5, 5.41) is 12.3. The van der Waals surface area contributed by atoms with Crippen LogP contribution in [0.4, 0.5) is 5.69 Å². The van der Waals surface area contributed by atoms with E-state index in [2.05, 4.69) is 21.0 Å². The molecule has 0 fully saturated rings. The lowest BCUT2D eigenvalue weighted by molar-refractivity contribution is -0.136. The quantitative estimate of drug-likeness (QED) is 0.425. The molecule has 0 radical (unpaired) electrons. The Morgan fingerprint density at radius 3 is 2.50 bits per heavy atom. The summed E-state index contributed by atoms with van der Waals surface area (Å²) in [6, 6.07) is 6.54. The van der Waals surface area contributed by atoms with Gasteiger partial charge in [-0.15, -0.1) is 0 Å². The molecule has 0 spiro atoms. The number of nitrogens with zero attached hydrogens (tertiary/aromatic N) is 2. The smallest absolute Gasteiger partial charge is 0.313 e. The summed E-state index contributed by atoms with van der Waals surface area (Å²) >= 11 is 0. The number of carbonyl (C=O) groups excluding carboxylic acids is 3. The molecule has 0 unspecified atom stereocenters. The van der Waals surface area contributed by atoms with E-state index in [1.807, 2.05) is 25.5 Å². The summed E-state index contributed by atoms with van der Waals surface area (Å²) < 4.78 is 6.80. The third kappa shape index (κ3) is 5.90. The number of hydrogen-bond acceptors (Lipinski definition) is 5. The summed E-state index contributed by atoms with van der Waals surface area (Å²) in [6.07, 6.45) is 0.673. The molecule has 0 saturated carbocycles. The first-order valence-corrected chi connectivity index (χ1v) is 9.87.